The highest BCUT2D eigenvalue weighted by atomic mass is 32.2. The van der Waals surface area contributed by atoms with Gasteiger partial charge in [-0.15, -0.1) is 11.8 Å². The summed E-state index contributed by atoms with van der Waals surface area (Å²) in [5.41, 5.74) is -0.583. The van der Waals surface area contributed by atoms with Gasteiger partial charge in [0, 0.05) is 10.6 Å². The Morgan fingerprint density at radius 2 is 1.86 bits per heavy atom. The van der Waals surface area contributed by atoms with Crippen molar-refractivity contribution in [1.82, 2.24) is 0 Å². The first-order valence-electron chi connectivity index (χ1n) is 4.92. The van der Waals surface area contributed by atoms with Crippen LogP contribution in [0.5, 0.6) is 0 Å². The van der Waals surface area contributed by atoms with E-state index in [1.54, 1.807) is 11.8 Å². The zero-order valence-corrected chi connectivity index (χ0v) is 9.84. The maximum Gasteiger partial charge on any atom is 0.0736 e. The van der Waals surface area contributed by atoms with Gasteiger partial charge in [-0.25, -0.2) is 0 Å². The monoisotopic (exact) mass is 210 g/mol. The van der Waals surface area contributed by atoms with Crippen molar-refractivity contribution in [2.24, 2.45) is 5.92 Å². The van der Waals surface area contributed by atoms with E-state index in [9.17, 15) is 5.11 Å². The highest BCUT2D eigenvalue weighted by Gasteiger charge is 2.24. The molecule has 1 unspecified atom stereocenters. The zero-order chi connectivity index (χ0) is 10.6. The summed E-state index contributed by atoms with van der Waals surface area (Å²) in [6.45, 7) is 5.99. The van der Waals surface area contributed by atoms with Gasteiger partial charge in [0.15, 0.2) is 0 Å². The molecular formula is C12H18OS. The molecule has 0 amide bonds. The summed E-state index contributed by atoms with van der Waals surface area (Å²) in [5, 5.41) is 10.0. The Labute approximate surface area is 90.5 Å². The van der Waals surface area contributed by atoms with Crippen LogP contribution < -0.4 is 0 Å². The highest BCUT2D eigenvalue weighted by Crippen LogP contribution is 2.26. The second-order valence-electron chi connectivity index (χ2n) is 4.11. The van der Waals surface area contributed by atoms with Crippen molar-refractivity contribution in [1.29, 1.82) is 0 Å². The highest BCUT2D eigenvalue weighted by molar-refractivity contribution is 7.99. The lowest BCUT2D eigenvalue weighted by molar-refractivity contribution is 0.0376. The van der Waals surface area contributed by atoms with Gasteiger partial charge in [0.1, 0.15) is 0 Å². The van der Waals surface area contributed by atoms with Gasteiger partial charge >= 0.3 is 0 Å². The van der Waals surface area contributed by atoms with Crippen LogP contribution in [0.15, 0.2) is 35.2 Å². The van der Waals surface area contributed by atoms with Crippen molar-refractivity contribution in [3.63, 3.8) is 0 Å². The van der Waals surface area contributed by atoms with Crippen LogP contribution in [0.2, 0.25) is 0 Å². The van der Waals surface area contributed by atoms with E-state index in [0.29, 0.717) is 5.92 Å². The number of rotatable bonds is 4. The maximum absolute atomic E-state index is 10.0. The molecule has 1 rings (SSSR count). The fraction of sp³-hybridized carbons (Fsp3) is 0.500. The Kier molecular flexibility index (Phi) is 4.02. The van der Waals surface area contributed by atoms with E-state index in [2.05, 4.69) is 12.1 Å². The number of thioether (sulfide) groups is 1. The Morgan fingerprint density at radius 1 is 1.29 bits per heavy atom. The zero-order valence-electron chi connectivity index (χ0n) is 9.03. The summed E-state index contributed by atoms with van der Waals surface area (Å²) in [5.74, 6) is 1.04. The van der Waals surface area contributed by atoms with Crippen LogP contribution in [0.1, 0.15) is 20.8 Å². The molecule has 0 aromatic heterocycles. The predicted octanol–water partition coefficient (Wildman–Crippen LogP) is 3.19. The largest absolute Gasteiger partial charge is 0.389 e. The van der Waals surface area contributed by atoms with Crippen molar-refractivity contribution in [2.45, 2.75) is 31.3 Å². The Bertz CT molecular complexity index is 267. The van der Waals surface area contributed by atoms with Gasteiger partial charge in [0.2, 0.25) is 0 Å². The molecule has 1 nitrogen and oxygen atoms in total. The van der Waals surface area contributed by atoms with Gasteiger partial charge in [-0.1, -0.05) is 32.0 Å². The third-order valence-corrected chi connectivity index (χ3v) is 3.85. The first-order chi connectivity index (χ1) is 6.52. The Morgan fingerprint density at radius 3 is 2.36 bits per heavy atom. The molecule has 0 saturated carbocycles. The molecule has 0 radical (unpaired) electrons. The van der Waals surface area contributed by atoms with E-state index < -0.39 is 5.60 Å². The lowest BCUT2D eigenvalue weighted by Crippen LogP contribution is -2.33. The lowest BCUT2D eigenvalue weighted by atomic mass is 9.95. The Hall–Kier alpha value is -0.470. The fourth-order valence-electron chi connectivity index (χ4n) is 0.913. The normalized spacial score (nSPS) is 15.5. The van der Waals surface area contributed by atoms with Gasteiger partial charge in [-0.05, 0) is 25.0 Å². The second kappa shape index (κ2) is 4.85. The van der Waals surface area contributed by atoms with Crippen molar-refractivity contribution in [3.05, 3.63) is 30.3 Å². The molecule has 14 heavy (non-hydrogen) atoms. The van der Waals surface area contributed by atoms with E-state index in [0.717, 1.165) is 5.75 Å². The summed E-state index contributed by atoms with van der Waals surface area (Å²) >= 11 is 1.71. The second-order valence-corrected chi connectivity index (χ2v) is 5.16. The van der Waals surface area contributed by atoms with Gasteiger partial charge in [0.05, 0.1) is 5.60 Å². The molecule has 1 atom stereocenters. The van der Waals surface area contributed by atoms with Crippen LogP contribution in [0.4, 0.5) is 0 Å². The topological polar surface area (TPSA) is 20.2 Å². The van der Waals surface area contributed by atoms with Crippen molar-refractivity contribution in [2.75, 3.05) is 5.75 Å². The third-order valence-electron chi connectivity index (χ3n) is 2.52. The smallest absolute Gasteiger partial charge is 0.0736 e. The molecule has 1 aromatic carbocycles. The molecule has 78 valence electrons. The van der Waals surface area contributed by atoms with Crippen LogP contribution in [-0.4, -0.2) is 16.5 Å². The van der Waals surface area contributed by atoms with Crippen LogP contribution in [0.3, 0.4) is 0 Å². The summed E-state index contributed by atoms with van der Waals surface area (Å²) in [7, 11) is 0. The molecule has 0 spiro atoms. The summed E-state index contributed by atoms with van der Waals surface area (Å²) in [6, 6.07) is 10.2. The quantitative estimate of drug-likeness (QED) is 0.770. The van der Waals surface area contributed by atoms with Gasteiger partial charge in [0.25, 0.3) is 0 Å². The van der Waals surface area contributed by atoms with Crippen molar-refractivity contribution >= 4 is 11.8 Å². The minimum atomic E-state index is -0.583. The molecule has 0 saturated heterocycles. The first kappa shape index (κ1) is 11.6. The molecule has 0 fully saturated rings. The van der Waals surface area contributed by atoms with E-state index in [4.69, 9.17) is 0 Å². The standard InChI is InChI=1S/C12H18OS/c1-10(2)12(3,13)9-14-11-7-5-4-6-8-11/h4-8,10,13H,9H2,1-3H3. The number of aliphatic hydroxyl groups is 1. The molecule has 0 aliphatic rings. The van der Waals surface area contributed by atoms with Gasteiger partial charge in [-0.3, -0.25) is 0 Å². The number of hydrogen-bond acceptors (Lipinski definition) is 2. The summed E-state index contributed by atoms with van der Waals surface area (Å²) in [4.78, 5) is 1.22. The third kappa shape index (κ3) is 3.35. The van der Waals surface area contributed by atoms with Crippen LogP contribution >= 0.6 is 11.8 Å². The molecule has 1 N–H and O–H groups in total. The van der Waals surface area contributed by atoms with E-state index in [-0.39, 0.29) is 0 Å². The lowest BCUT2D eigenvalue weighted by Gasteiger charge is -2.27. The predicted molar refractivity (Wildman–Crippen MR) is 62.6 cm³/mol. The van der Waals surface area contributed by atoms with E-state index in [1.807, 2.05) is 39.0 Å². The molecule has 2 heteroatoms. The fourth-order valence-corrected chi connectivity index (χ4v) is 2.05. The average molecular weight is 210 g/mol. The van der Waals surface area contributed by atoms with Crippen molar-refractivity contribution in [3.8, 4) is 0 Å². The number of benzene rings is 1. The minimum absolute atomic E-state index is 0.290. The van der Waals surface area contributed by atoms with Crippen molar-refractivity contribution < 1.29 is 5.11 Å². The van der Waals surface area contributed by atoms with Crippen LogP contribution in [0.25, 0.3) is 0 Å². The van der Waals surface area contributed by atoms with Crippen LogP contribution in [-0.2, 0) is 0 Å². The number of hydrogen-bond donors (Lipinski definition) is 1. The summed E-state index contributed by atoms with van der Waals surface area (Å²) in [6.07, 6.45) is 0. The Balaban J connectivity index is 2.49. The van der Waals surface area contributed by atoms with E-state index in [1.165, 1.54) is 4.90 Å². The molecule has 0 heterocycles. The van der Waals surface area contributed by atoms with Gasteiger partial charge < -0.3 is 5.11 Å². The molecule has 0 bridgehead atoms. The molecule has 0 aliphatic carbocycles. The average Bonchev–Trinajstić information content (AvgIpc) is 2.16. The molecule has 0 aliphatic heterocycles. The SMILES string of the molecule is CC(C)C(C)(O)CSc1ccccc1. The molecule has 1 aromatic rings. The van der Waals surface area contributed by atoms with Gasteiger partial charge in [-0.2, -0.15) is 0 Å². The van der Waals surface area contributed by atoms with Crippen LogP contribution in [0, 0.1) is 5.92 Å². The maximum atomic E-state index is 10.0. The summed E-state index contributed by atoms with van der Waals surface area (Å²) < 4.78 is 0. The molecular weight excluding hydrogens is 192 g/mol. The first-order valence-corrected chi connectivity index (χ1v) is 5.91. The van der Waals surface area contributed by atoms with E-state index >= 15 is 0 Å². The minimum Gasteiger partial charge on any atom is -0.389 e.